The molecule has 5 heteroatoms. The Morgan fingerprint density at radius 1 is 1.04 bits per heavy atom. The van der Waals surface area contributed by atoms with Crippen molar-refractivity contribution in [1.29, 1.82) is 0 Å². The van der Waals surface area contributed by atoms with Gasteiger partial charge in [0.2, 0.25) is 5.91 Å². The van der Waals surface area contributed by atoms with Gasteiger partial charge in [-0.2, -0.15) is 0 Å². The van der Waals surface area contributed by atoms with Crippen molar-refractivity contribution < 1.29 is 14.7 Å². The summed E-state index contributed by atoms with van der Waals surface area (Å²) >= 11 is 0. The minimum absolute atomic E-state index is 0.134. The third kappa shape index (κ3) is 3.80. The average Bonchev–Trinajstić information content (AvgIpc) is 2.69. The number of carbonyl (C=O) groups is 2. The quantitative estimate of drug-likeness (QED) is 0.889. The van der Waals surface area contributed by atoms with Crippen LogP contribution in [-0.4, -0.2) is 46.5 Å². The number of nitrogens with zero attached hydrogens (tertiary/aromatic N) is 2. The van der Waals surface area contributed by atoms with Gasteiger partial charge in [0, 0.05) is 24.6 Å². The lowest BCUT2D eigenvalue weighted by Crippen LogP contribution is -2.65. The van der Waals surface area contributed by atoms with E-state index in [1.54, 1.807) is 41.1 Å². The van der Waals surface area contributed by atoms with Crippen LogP contribution in [0, 0.1) is 11.3 Å². The molecule has 0 unspecified atom stereocenters. The summed E-state index contributed by atoms with van der Waals surface area (Å²) in [5.74, 6) is -0.989. The molecule has 0 spiro atoms. The second-order valence-corrected chi connectivity index (χ2v) is 8.47. The summed E-state index contributed by atoms with van der Waals surface area (Å²) < 4.78 is 0. The summed E-state index contributed by atoms with van der Waals surface area (Å²) in [5, 5.41) is 10.9. The Morgan fingerprint density at radius 3 is 2.11 bits per heavy atom. The maximum atomic E-state index is 13.3. The Balaban J connectivity index is 1.99. The Hall–Kier alpha value is -2.66. The van der Waals surface area contributed by atoms with Crippen LogP contribution in [-0.2, 0) is 4.79 Å². The van der Waals surface area contributed by atoms with Crippen molar-refractivity contribution in [3.8, 4) is 0 Å². The monoisotopic (exact) mass is 380 g/mol. The van der Waals surface area contributed by atoms with Crippen LogP contribution < -0.4 is 0 Å². The van der Waals surface area contributed by atoms with E-state index in [2.05, 4.69) is 0 Å². The number of aliphatic hydroxyl groups excluding tert-OH is 1. The molecule has 2 amide bonds. The zero-order valence-electron chi connectivity index (χ0n) is 16.9. The van der Waals surface area contributed by atoms with Crippen molar-refractivity contribution in [2.75, 3.05) is 13.6 Å². The number of hydrogen-bond acceptors (Lipinski definition) is 3. The van der Waals surface area contributed by atoms with Crippen LogP contribution in [0.2, 0.25) is 0 Å². The number of benzene rings is 2. The van der Waals surface area contributed by atoms with E-state index in [0.29, 0.717) is 11.1 Å². The summed E-state index contributed by atoms with van der Waals surface area (Å²) in [6, 6.07) is 18.2. The fourth-order valence-corrected chi connectivity index (χ4v) is 4.09. The van der Waals surface area contributed by atoms with Crippen LogP contribution in [0.25, 0.3) is 0 Å². The third-order valence-corrected chi connectivity index (χ3v) is 5.30. The molecule has 0 saturated carbocycles. The van der Waals surface area contributed by atoms with Crippen LogP contribution in [0.5, 0.6) is 0 Å². The molecular weight excluding hydrogens is 352 g/mol. The van der Waals surface area contributed by atoms with E-state index >= 15 is 0 Å². The van der Waals surface area contributed by atoms with E-state index < -0.39 is 18.2 Å². The highest BCUT2D eigenvalue weighted by atomic mass is 16.3. The van der Waals surface area contributed by atoms with E-state index in [4.69, 9.17) is 0 Å². The van der Waals surface area contributed by atoms with Crippen LogP contribution in [0.15, 0.2) is 60.7 Å². The smallest absolute Gasteiger partial charge is 0.255 e. The first-order valence-corrected chi connectivity index (χ1v) is 9.57. The Labute approximate surface area is 166 Å². The predicted octanol–water partition coefficient (Wildman–Crippen LogP) is 3.32. The zero-order chi connectivity index (χ0) is 20.5. The summed E-state index contributed by atoms with van der Waals surface area (Å²) in [6.07, 6.45) is -1.37. The summed E-state index contributed by atoms with van der Waals surface area (Å²) in [6.45, 7) is 6.22. The fraction of sp³-hybridized carbons (Fsp3) is 0.391. The Morgan fingerprint density at radius 2 is 1.57 bits per heavy atom. The molecule has 2 aromatic carbocycles. The van der Waals surface area contributed by atoms with Gasteiger partial charge in [-0.25, -0.2) is 0 Å². The van der Waals surface area contributed by atoms with E-state index in [-0.39, 0.29) is 23.8 Å². The second-order valence-electron chi connectivity index (χ2n) is 8.47. The molecule has 0 aromatic heterocycles. The van der Waals surface area contributed by atoms with Crippen molar-refractivity contribution in [2.24, 2.45) is 11.3 Å². The second kappa shape index (κ2) is 7.76. The molecule has 3 atom stereocenters. The topological polar surface area (TPSA) is 60.9 Å². The first-order chi connectivity index (χ1) is 13.2. The van der Waals surface area contributed by atoms with Crippen molar-refractivity contribution in [1.82, 2.24) is 9.80 Å². The molecule has 5 nitrogen and oxygen atoms in total. The van der Waals surface area contributed by atoms with Crippen molar-refractivity contribution >= 4 is 11.8 Å². The predicted molar refractivity (Wildman–Crippen MR) is 108 cm³/mol. The highest BCUT2D eigenvalue weighted by Crippen LogP contribution is 2.36. The van der Waals surface area contributed by atoms with Crippen LogP contribution in [0.1, 0.15) is 42.8 Å². The van der Waals surface area contributed by atoms with Gasteiger partial charge in [0.1, 0.15) is 6.17 Å². The van der Waals surface area contributed by atoms with Gasteiger partial charge < -0.3 is 14.9 Å². The third-order valence-electron chi connectivity index (χ3n) is 5.30. The van der Waals surface area contributed by atoms with Gasteiger partial charge in [-0.05, 0) is 17.7 Å². The molecule has 0 bridgehead atoms. The molecule has 0 radical (unpaired) electrons. The molecule has 1 saturated heterocycles. The lowest BCUT2D eigenvalue weighted by molar-refractivity contribution is -0.158. The van der Waals surface area contributed by atoms with Crippen molar-refractivity contribution in [3.05, 3.63) is 71.8 Å². The van der Waals surface area contributed by atoms with Crippen molar-refractivity contribution in [3.63, 3.8) is 0 Å². The number of amides is 2. The minimum Gasteiger partial charge on any atom is -0.388 e. The van der Waals surface area contributed by atoms with Crippen LogP contribution in [0.4, 0.5) is 0 Å². The fourth-order valence-electron chi connectivity index (χ4n) is 4.09. The van der Waals surface area contributed by atoms with Crippen LogP contribution in [0.3, 0.4) is 0 Å². The Bertz CT molecular complexity index is 830. The molecule has 1 N–H and O–H groups in total. The Kier molecular flexibility index (Phi) is 5.57. The van der Waals surface area contributed by atoms with E-state index in [1.807, 2.05) is 57.2 Å². The number of hydrogen-bond donors (Lipinski definition) is 1. The molecule has 148 valence electrons. The summed E-state index contributed by atoms with van der Waals surface area (Å²) in [5.41, 5.74) is 0.917. The normalized spacial score (nSPS) is 21.5. The van der Waals surface area contributed by atoms with Gasteiger partial charge in [0.05, 0.1) is 12.0 Å². The largest absolute Gasteiger partial charge is 0.388 e. The van der Waals surface area contributed by atoms with E-state index in [1.165, 1.54) is 0 Å². The number of aliphatic hydroxyl groups is 1. The molecule has 3 rings (SSSR count). The number of rotatable bonds is 3. The van der Waals surface area contributed by atoms with E-state index in [0.717, 1.165) is 0 Å². The lowest BCUT2D eigenvalue weighted by atomic mass is 9.84. The SMILES string of the molecule is CN1C(=O)[C@H]([C@@H](O)c2ccccc2)CN(C(=O)c2ccccc2)[C@H]1C(C)(C)C. The van der Waals surface area contributed by atoms with Gasteiger partial charge in [0.15, 0.2) is 0 Å². The molecule has 2 aromatic rings. The first kappa shape index (κ1) is 20.1. The molecular formula is C23H28N2O3. The highest BCUT2D eigenvalue weighted by molar-refractivity contribution is 5.96. The van der Waals surface area contributed by atoms with Gasteiger partial charge >= 0.3 is 0 Å². The standard InChI is InChI=1S/C23H28N2O3/c1-23(2,3)22-24(4)21(28)18(19(26)16-11-7-5-8-12-16)15-25(22)20(27)17-13-9-6-10-14-17/h5-14,18-19,22,26H,15H2,1-4H3/t18-,19-,22-/m0/s1. The van der Waals surface area contributed by atoms with Crippen LogP contribution >= 0.6 is 0 Å². The molecule has 1 fully saturated rings. The van der Waals surface area contributed by atoms with E-state index in [9.17, 15) is 14.7 Å². The lowest BCUT2D eigenvalue weighted by Gasteiger charge is -2.51. The summed E-state index contributed by atoms with van der Waals surface area (Å²) in [4.78, 5) is 29.8. The summed E-state index contributed by atoms with van der Waals surface area (Å²) in [7, 11) is 1.72. The molecule has 1 heterocycles. The maximum Gasteiger partial charge on any atom is 0.255 e. The van der Waals surface area contributed by atoms with Gasteiger partial charge in [-0.3, -0.25) is 9.59 Å². The first-order valence-electron chi connectivity index (χ1n) is 9.57. The minimum atomic E-state index is -0.969. The van der Waals surface area contributed by atoms with Crippen molar-refractivity contribution in [2.45, 2.75) is 33.0 Å². The zero-order valence-corrected chi connectivity index (χ0v) is 16.9. The van der Waals surface area contributed by atoms with Gasteiger partial charge in [-0.15, -0.1) is 0 Å². The average molecular weight is 380 g/mol. The molecule has 1 aliphatic rings. The molecule has 1 aliphatic heterocycles. The maximum absolute atomic E-state index is 13.3. The van der Waals surface area contributed by atoms with Gasteiger partial charge in [-0.1, -0.05) is 69.3 Å². The molecule has 0 aliphatic carbocycles. The van der Waals surface area contributed by atoms with Gasteiger partial charge in [0.25, 0.3) is 5.91 Å². The number of carbonyl (C=O) groups excluding carboxylic acids is 2. The highest BCUT2D eigenvalue weighted by Gasteiger charge is 2.47. The molecule has 28 heavy (non-hydrogen) atoms.